The van der Waals surface area contributed by atoms with E-state index in [4.69, 9.17) is 9.47 Å². The number of nitrogens with zero attached hydrogens (tertiary/aromatic N) is 3. The number of hydrogen-bond donors (Lipinski definition) is 0. The number of ether oxygens (including phenoxy) is 2. The normalized spacial score (nSPS) is 13.2. The summed E-state index contributed by atoms with van der Waals surface area (Å²) < 4.78 is 26.7. The van der Waals surface area contributed by atoms with Gasteiger partial charge in [0.1, 0.15) is 12.1 Å². The predicted molar refractivity (Wildman–Crippen MR) is 98.4 cm³/mol. The SMILES string of the molecule is O=C(CSc1nncn1-c1ccccc1F)c1ccc2c(c1)OCCCO2. The average molecular weight is 385 g/mol. The number of carbonyl (C=O) groups excluding carboxylic acids is 1. The van der Waals surface area contributed by atoms with Crippen LogP contribution in [0.3, 0.4) is 0 Å². The molecule has 1 aliphatic rings. The second-order valence-corrected chi connectivity index (χ2v) is 6.80. The van der Waals surface area contributed by atoms with Gasteiger partial charge in [0.15, 0.2) is 22.4 Å². The summed E-state index contributed by atoms with van der Waals surface area (Å²) in [5.41, 5.74) is 0.872. The standard InChI is InChI=1S/C19H16FN3O3S/c20-14-4-1-2-5-15(14)23-12-21-22-19(23)27-11-16(24)13-6-7-17-18(10-13)26-9-3-8-25-17/h1-2,4-7,10,12H,3,8-9,11H2. The van der Waals surface area contributed by atoms with E-state index in [1.807, 2.05) is 0 Å². The smallest absolute Gasteiger partial charge is 0.196 e. The van der Waals surface area contributed by atoms with Gasteiger partial charge in [0.2, 0.25) is 0 Å². The van der Waals surface area contributed by atoms with Gasteiger partial charge < -0.3 is 9.47 Å². The van der Waals surface area contributed by atoms with E-state index in [-0.39, 0.29) is 17.4 Å². The third-order valence-corrected chi connectivity index (χ3v) is 4.97. The van der Waals surface area contributed by atoms with Crippen molar-refractivity contribution in [2.45, 2.75) is 11.6 Å². The molecule has 0 saturated carbocycles. The number of aromatic nitrogens is 3. The third-order valence-electron chi connectivity index (χ3n) is 4.03. The van der Waals surface area contributed by atoms with Crippen LogP contribution in [-0.2, 0) is 0 Å². The zero-order valence-corrected chi connectivity index (χ0v) is 15.1. The molecule has 1 aliphatic heterocycles. The van der Waals surface area contributed by atoms with Crippen LogP contribution in [0.4, 0.5) is 4.39 Å². The predicted octanol–water partition coefficient (Wildman–Crippen LogP) is 3.54. The number of para-hydroxylation sites is 1. The van der Waals surface area contributed by atoms with Crippen LogP contribution in [0.5, 0.6) is 11.5 Å². The van der Waals surface area contributed by atoms with Gasteiger partial charge in [-0.2, -0.15) is 0 Å². The maximum absolute atomic E-state index is 14.0. The summed E-state index contributed by atoms with van der Waals surface area (Å²) >= 11 is 1.20. The Bertz CT molecular complexity index is 976. The van der Waals surface area contributed by atoms with E-state index in [0.717, 1.165) is 6.42 Å². The summed E-state index contributed by atoms with van der Waals surface area (Å²) in [5, 5.41) is 8.28. The van der Waals surface area contributed by atoms with Crippen LogP contribution in [0.15, 0.2) is 53.9 Å². The van der Waals surface area contributed by atoms with Crippen LogP contribution in [0.25, 0.3) is 5.69 Å². The number of thioether (sulfide) groups is 1. The maximum atomic E-state index is 14.0. The molecule has 2 heterocycles. The highest BCUT2D eigenvalue weighted by molar-refractivity contribution is 7.99. The Hall–Kier alpha value is -2.87. The minimum Gasteiger partial charge on any atom is -0.490 e. The molecule has 0 fully saturated rings. The molecule has 2 aromatic carbocycles. The zero-order valence-electron chi connectivity index (χ0n) is 14.3. The molecule has 0 unspecified atom stereocenters. The first-order chi connectivity index (χ1) is 13.2. The van der Waals surface area contributed by atoms with E-state index in [9.17, 15) is 9.18 Å². The molecule has 8 heteroatoms. The second kappa shape index (κ2) is 7.79. The molecule has 0 spiro atoms. The molecule has 0 bridgehead atoms. The maximum Gasteiger partial charge on any atom is 0.196 e. The Kier molecular flexibility index (Phi) is 5.06. The first-order valence-corrected chi connectivity index (χ1v) is 9.41. The molecule has 1 aromatic heterocycles. The first kappa shape index (κ1) is 17.5. The van der Waals surface area contributed by atoms with Gasteiger partial charge in [0, 0.05) is 12.0 Å². The Morgan fingerprint density at radius 3 is 2.81 bits per heavy atom. The fraction of sp³-hybridized carbons (Fsp3) is 0.211. The van der Waals surface area contributed by atoms with Gasteiger partial charge in [0.25, 0.3) is 0 Å². The Morgan fingerprint density at radius 1 is 1.15 bits per heavy atom. The number of benzene rings is 2. The van der Waals surface area contributed by atoms with E-state index >= 15 is 0 Å². The minimum absolute atomic E-state index is 0.0845. The van der Waals surface area contributed by atoms with E-state index in [1.165, 1.54) is 28.7 Å². The number of carbonyl (C=O) groups is 1. The summed E-state index contributed by atoms with van der Waals surface area (Å²) in [6.45, 7) is 1.16. The molecule has 0 saturated heterocycles. The fourth-order valence-electron chi connectivity index (χ4n) is 2.69. The summed E-state index contributed by atoms with van der Waals surface area (Å²) in [5.74, 6) is 0.910. The van der Waals surface area contributed by atoms with Crippen LogP contribution >= 0.6 is 11.8 Å². The van der Waals surface area contributed by atoms with E-state index < -0.39 is 0 Å². The highest BCUT2D eigenvalue weighted by Gasteiger charge is 2.16. The van der Waals surface area contributed by atoms with Crippen LogP contribution in [-0.4, -0.2) is 39.5 Å². The van der Waals surface area contributed by atoms with Gasteiger partial charge in [-0.15, -0.1) is 10.2 Å². The summed E-state index contributed by atoms with van der Waals surface area (Å²) in [6, 6.07) is 11.5. The lowest BCUT2D eigenvalue weighted by Crippen LogP contribution is -2.05. The molecule has 0 atom stereocenters. The van der Waals surface area contributed by atoms with Crippen LogP contribution < -0.4 is 9.47 Å². The molecular formula is C19H16FN3O3S. The van der Waals surface area contributed by atoms with Crippen molar-refractivity contribution >= 4 is 17.5 Å². The van der Waals surface area contributed by atoms with Crippen LogP contribution in [0.2, 0.25) is 0 Å². The molecule has 0 radical (unpaired) electrons. The van der Waals surface area contributed by atoms with Crippen molar-refractivity contribution in [3.8, 4) is 17.2 Å². The van der Waals surface area contributed by atoms with E-state index in [0.29, 0.717) is 41.1 Å². The zero-order chi connectivity index (χ0) is 18.6. The Balaban J connectivity index is 1.49. The van der Waals surface area contributed by atoms with E-state index in [1.54, 1.807) is 36.4 Å². The lowest BCUT2D eigenvalue weighted by molar-refractivity contribution is 0.102. The number of fused-ring (bicyclic) bond motifs is 1. The largest absolute Gasteiger partial charge is 0.490 e. The van der Waals surface area contributed by atoms with Gasteiger partial charge in [-0.05, 0) is 30.3 Å². The van der Waals surface area contributed by atoms with Gasteiger partial charge in [-0.1, -0.05) is 23.9 Å². The first-order valence-electron chi connectivity index (χ1n) is 8.43. The lowest BCUT2D eigenvalue weighted by atomic mass is 10.1. The number of Topliss-reactive ketones (excluding diaryl/α,β-unsaturated/α-hetero) is 1. The molecule has 138 valence electrons. The quantitative estimate of drug-likeness (QED) is 0.494. The van der Waals surface area contributed by atoms with Crippen molar-refractivity contribution < 1.29 is 18.7 Å². The van der Waals surface area contributed by atoms with Crippen molar-refractivity contribution in [2.24, 2.45) is 0 Å². The topological polar surface area (TPSA) is 66.2 Å². The number of halogens is 1. The second-order valence-electron chi connectivity index (χ2n) is 5.86. The number of ketones is 1. The molecular weight excluding hydrogens is 369 g/mol. The molecule has 0 aliphatic carbocycles. The molecule has 0 N–H and O–H groups in total. The molecule has 27 heavy (non-hydrogen) atoms. The van der Waals surface area contributed by atoms with Crippen LogP contribution in [0.1, 0.15) is 16.8 Å². The highest BCUT2D eigenvalue weighted by Crippen LogP contribution is 2.31. The summed E-state index contributed by atoms with van der Waals surface area (Å²) in [4.78, 5) is 12.6. The Labute approximate surface area is 159 Å². The van der Waals surface area contributed by atoms with Crippen molar-refractivity contribution in [1.82, 2.24) is 14.8 Å². The van der Waals surface area contributed by atoms with Gasteiger partial charge in [-0.3, -0.25) is 9.36 Å². The van der Waals surface area contributed by atoms with E-state index in [2.05, 4.69) is 10.2 Å². The monoisotopic (exact) mass is 385 g/mol. The van der Waals surface area contributed by atoms with Gasteiger partial charge in [0.05, 0.1) is 24.7 Å². The van der Waals surface area contributed by atoms with Crippen molar-refractivity contribution in [3.63, 3.8) is 0 Å². The Morgan fingerprint density at radius 2 is 1.96 bits per heavy atom. The summed E-state index contributed by atoms with van der Waals surface area (Å²) in [6.07, 6.45) is 2.23. The van der Waals surface area contributed by atoms with Crippen molar-refractivity contribution in [1.29, 1.82) is 0 Å². The minimum atomic E-state index is -0.381. The third kappa shape index (κ3) is 3.80. The van der Waals surface area contributed by atoms with Crippen molar-refractivity contribution in [3.05, 3.63) is 60.2 Å². The number of rotatable bonds is 5. The average Bonchev–Trinajstić information content (AvgIpc) is 3.02. The van der Waals surface area contributed by atoms with Crippen LogP contribution in [0, 0.1) is 5.82 Å². The fourth-order valence-corrected chi connectivity index (χ4v) is 3.50. The summed E-state index contributed by atoms with van der Waals surface area (Å²) in [7, 11) is 0. The lowest BCUT2D eigenvalue weighted by Gasteiger charge is -2.09. The highest BCUT2D eigenvalue weighted by atomic mass is 32.2. The molecule has 3 aromatic rings. The van der Waals surface area contributed by atoms with Gasteiger partial charge in [-0.25, -0.2) is 4.39 Å². The van der Waals surface area contributed by atoms with Gasteiger partial charge >= 0.3 is 0 Å². The molecule has 0 amide bonds. The molecule has 4 rings (SSSR count). The van der Waals surface area contributed by atoms with Crippen molar-refractivity contribution in [2.75, 3.05) is 19.0 Å². The number of hydrogen-bond acceptors (Lipinski definition) is 6. The molecule has 6 nitrogen and oxygen atoms in total.